The topological polar surface area (TPSA) is 19.4 Å². The summed E-state index contributed by atoms with van der Waals surface area (Å²) in [7, 11) is 4.25. The molecule has 1 aliphatic heterocycles. The highest BCUT2D eigenvalue weighted by atomic mass is 35.5. The number of hydrogen-bond donors (Lipinski definition) is 0. The third-order valence-corrected chi connectivity index (χ3v) is 5.26. The molecule has 0 aliphatic carbocycles. The highest BCUT2D eigenvalue weighted by Crippen LogP contribution is 2.47. The molecule has 0 spiro atoms. The summed E-state index contributed by atoms with van der Waals surface area (Å²) in [5.41, 5.74) is 1.18. The molecule has 5 heteroatoms. The monoisotopic (exact) mass is 347 g/mol. The smallest absolute Gasteiger partial charge is 0.147 e. The lowest BCUT2D eigenvalue weighted by Crippen LogP contribution is -2.23. The van der Waals surface area contributed by atoms with Crippen molar-refractivity contribution >= 4 is 34.9 Å². The van der Waals surface area contributed by atoms with Gasteiger partial charge in [-0.1, -0.05) is 29.8 Å². The van der Waals surface area contributed by atoms with Crippen LogP contribution in [0.5, 0.6) is 0 Å². The lowest BCUT2D eigenvalue weighted by Gasteiger charge is -2.31. The van der Waals surface area contributed by atoms with Crippen molar-refractivity contribution in [2.45, 2.75) is 29.1 Å². The number of rotatable bonds is 6. The predicted octanol–water partition coefficient (Wildman–Crippen LogP) is 5.07. The van der Waals surface area contributed by atoms with Gasteiger partial charge in [0, 0.05) is 22.7 Å². The van der Waals surface area contributed by atoms with Crippen LogP contribution in [0.2, 0.25) is 5.02 Å². The zero-order chi connectivity index (χ0) is 16.2. The number of fused-ring (bicyclic) bond motifs is 2. The molecular formula is C18H22ClN3S. The first-order valence-corrected chi connectivity index (χ1v) is 9.19. The zero-order valence-corrected chi connectivity index (χ0v) is 15.2. The Balaban J connectivity index is 1.77. The van der Waals surface area contributed by atoms with Gasteiger partial charge in [0.25, 0.3) is 0 Å². The van der Waals surface area contributed by atoms with Crippen LogP contribution in [-0.4, -0.2) is 37.1 Å². The van der Waals surface area contributed by atoms with Crippen LogP contribution in [0.15, 0.2) is 46.3 Å². The van der Waals surface area contributed by atoms with E-state index >= 15 is 0 Å². The van der Waals surface area contributed by atoms with Gasteiger partial charge in [-0.15, -0.1) is 0 Å². The summed E-state index contributed by atoms with van der Waals surface area (Å²) in [5.74, 6) is 1.06. The average molecular weight is 348 g/mol. The van der Waals surface area contributed by atoms with Crippen LogP contribution in [0.25, 0.3) is 0 Å². The quantitative estimate of drug-likeness (QED) is 0.679. The molecule has 1 aromatic carbocycles. The first kappa shape index (κ1) is 16.6. The molecule has 2 aromatic rings. The lowest BCUT2D eigenvalue weighted by atomic mass is 10.2. The molecule has 122 valence electrons. The Morgan fingerprint density at radius 3 is 2.83 bits per heavy atom. The van der Waals surface area contributed by atoms with Crippen LogP contribution in [0, 0.1) is 0 Å². The van der Waals surface area contributed by atoms with Gasteiger partial charge in [0.15, 0.2) is 0 Å². The molecule has 0 amide bonds. The lowest BCUT2D eigenvalue weighted by molar-refractivity contribution is 0.392. The van der Waals surface area contributed by atoms with Crippen molar-refractivity contribution in [1.82, 2.24) is 9.88 Å². The standard InChI is InChI=1S/C18H22ClN3S/c1-21(2)11-4-3-5-12-22-15-13-14(19)8-9-16(15)23-17-7-6-10-20-18(17)22/h6-10,13H,3-5,11-12H2,1-2H3. The van der Waals surface area contributed by atoms with Gasteiger partial charge in [-0.3, -0.25) is 0 Å². The SMILES string of the molecule is CN(C)CCCCCN1c2cc(Cl)ccc2Sc2cccnc21. The minimum Gasteiger partial charge on any atom is -0.324 e. The Morgan fingerprint density at radius 2 is 2.00 bits per heavy atom. The molecule has 3 rings (SSSR count). The van der Waals surface area contributed by atoms with Crippen LogP contribution < -0.4 is 4.90 Å². The normalized spacial score (nSPS) is 13.1. The van der Waals surface area contributed by atoms with E-state index in [0.29, 0.717) is 0 Å². The van der Waals surface area contributed by atoms with Crippen molar-refractivity contribution in [2.75, 3.05) is 32.1 Å². The van der Waals surface area contributed by atoms with Crippen molar-refractivity contribution in [3.8, 4) is 0 Å². The van der Waals surface area contributed by atoms with E-state index in [-0.39, 0.29) is 0 Å². The van der Waals surface area contributed by atoms with Gasteiger partial charge in [0.2, 0.25) is 0 Å². The van der Waals surface area contributed by atoms with E-state index in [2.05, 4.69) is 47.1 Å². The van der Waals surface area contributed by atoms with Crippen LogP contribution in [-0.2, 0) is 0 Å². The molecule has 23 heavy (non-hydrogen) atoms. The summed E-state index contributed by atoms with van der Waals surface area (Å²) < 4.78 is 0. The second-order valence-corrected chi connectivity index (χ2v) is 7.58. The molecule has 0 unspecified atom stereocenters. The predicted molar refractivity (Wildman–Crippen MR) is 99.2 cm³/mol. The largest absolute Gasteiger partial charge is 0.324 e. The number of hydrogen-bond acceptors (Lipinski definition) is 4. The van der Waals surface area contributed by atoms with Gasteiger partial charge in [-0.05, 0) is 63.8 Å². The number of pyridine rings is 1. The van der Waals surface area contributed by atoms with Gasteiger partial charge >= 0.3 is 0 Å². The molecule has 2 heterocycles. The van der Waals surface area contributed by atoms with E-state index in [0.717, 1.165) is 30.4 Å². The summed E-state index contributed by atoms with van der Waals surface area (Å²) >= 11 is 8.00. The third kappa shape index (κ3) is 4.00. The van der Waals surface area contributed by atoms with Crippen molar-refractivity contribution < 1.29 is 0 Å². The van der Waals surface area contributed by atoms with E-state index in [4.69, 9.17) is 11.6 Å². The molecule has 0 bridgehead atoms. The highest BCUT2D eigenvalue weighted by molar-refractivity contribution is 7.99. The average Bonchev–Trinajstić information content (AvgIpc) is 2.54. The molecule has 1 aliphatic rings. The van der Waals surface area contributed by atoms with E-state index in [9.17, 15) is 0 Å². The van der Waals surface area contributed by atoms with E-state index < -0.39 is 0 Å². The maximum atomic E-state index is 6.23. The maximum absolute atomic E-state index is 6.23. The molecule has 0 saturated carbocycles. The summed E-state index contributed by atoms with van der Waals surface area (Å²) in [6.45, 7) is 2.12. The van der Waals surface area contributed by atoms with Crippen LogP contribution in [0.1, 0.15) is 19.3 Å². The number of nitrogens with zero attached hydrogens (tertiary/aromatic N) is 3. The fourth-order valence-corrected chi connectivity index (χ4v) is 4.00. The Hall–Kier alpha value is -1.23. The molecule has 0 saturated heterocycles. The minimum atomic E-state index is 0.779. The fraction of sp³-hybridized carbons (Fsp3) is 0.389. The van der Waals surface area contributed by atoms with E-state index in [1.165, 1.54) is 28.3 Å². The summed E-state index contributed by atoms with van der Waals surface area (Å²) in [6.07, 6.45) is 5.47. The molecular weight excluding hydrogens is 326 g/mol. The Kier molecular flexibility index (Phi) is 5.46. The van der Waals surface area contributed by atoms with Gasteiger partial charge in [0.1, 0.15) is 5.82 Å². The van der Waals surface area contributed by atoms with Gasteiger partial charge < -0.3 is 9.80 Å². The third-order valence-electron chi connectivity index (χ3n) is 3.93. The van der Waals surface area contributed by atoms with E-state index in [1.807, 2.05) is 18.3 Å². The number of benzene rings is 1. The summed E-state index contributed by atoms with van der Waals surface area (Å²) in [4.78, 5) is 11.6. The molecule has 1 aromatic heterocycles. The van der Waals surface area contributed by atoms with E-state index in [1.54, 1.807) is 11.8 Å². The van der Waals surface area contributed by atoms with Crippen molar-refractivity contribution in [1.29, 1.82) is 0 Å². The molecule has 3 nitrogen and oxygen atoms in total. The van der Waals surface area contributed by atoms with Crippen LogP contribution in [0.3, 0.4) is 0 Å². The minimum absolute atomic E-state index is 0.779. The van der Waals surface area contributed by atoms with Crippen molar-refractivity contribution in [3.63, 3.8) is 0 Å². The maximum Gasteiger partial charge on any atom is 0.147 e. The molecule has 0 atom stereocenters. The van der Waals surface area contributed by atoms with Gasteiger partial charge in [0.05, 0.1) is 10.6 Å². The second kappa shape index (κ2) is 7.56. The summed E-state index contributed by atoms with van der Waals surface area (Å²) in [5, 5.41) is 0.779. The van der Waals surface area contributed by atoms with Crippen molar-refractivity contribution in [2.24, 2.45) is 0 Å². The number of unbranched alkanes of at least 4 members (excludes halogenated alkanes) is 2. The molecule has 0 radical (unpaired) electrons. The number of halogens is 1. The summed E-state index contributed by atoms with van der Waals surface area (Å²) in [6, 6.07) is 10.3. The Labute approximate surface area is 147 Å². The first-order chi connectivity index (χ1) is 11.1. The van der Waals surface area contributed by atoms with Crippen LogP contribution in [0.4, 0.5) is 11.5 Å². The number of anilines is 2. The van der Waals surface area contributed by atoms with Crippen molar-refractivity contribution in [3.05, 3.63) is 41.6 Å². The highest BCUT2D eigenvalue weighted by Gasteiger charge is 2.24. The second-order valence-electron chi connectivity index (χ2n) is 6.05. The zero-order valence-electron chi connectivity index (χ0n) is 13.6. The van der Waals surface area contributed by atoms with Gasteiger partial charge in [-0.2, -0.15) is 0 Å². The molecule has 0 N–H and O–H groups in total. The fourth-order valence-electron chi connectivity index (χ4n) is 2.79. The molecule has 0 fully saturated rings. The van der Waals surface area contributed by atoms with Gasteiger partial charge in [-0.25, -0.2) is 4.98 Å². The number of aromatic nitrogens is 1. The first-order valence-electron chi connectivity index (χ1n) is 8.00. The van der Waals surface area contributed by atoms with Crippen LogP contribution >= 0.6 is 23.4 Å². The Morgan fingerprint density at radius 1 is 1.13 bits per heavy atom. The Bertz CT molecular complexity index is 675.